The summed E-state index contributed by atoms with van der Waals surface area (Å²) in [6.45, 7) is 6.25. The van der Waals surface area contributed by atoms with Crippen molar-refractivity contribution in [3.05, 3.63) is 65.7 Å². The van der Waals surface area contributed by atoms with Crippen LogP contribution >= 0.6 is 0 Å². The van der Waals surface area contributed by atoms with Crippen molar-refractivity contribution in [2.75, 3.05) is 26.7 Å². The second kappa shape index (κ2) is 14.5. The number of nitrogens with one attached hydrogen (secondary N) is 1. The highest BCUT2D eigenvalue weighted by Gasteiger charge is 2.08. The Kier molecular flexibility index (Phi) is 11.4. The molecule has 1 amide bonds. The van der Waals surface area contributed by atoms with Gasteiger partial charge in [-0.1, -0.05) is 74.7 Å². The van der Waals surface area contributed by atoms with E-state index in [-0.39, 0.29) is 6.09 Å². The summed E-state index contributed by atoms with van der Waals surface area (Å²) in [7, 11) is 1.73. The molecule has 0 fully saturated rings. The average Bonchev–Trinajstić information content (AvgIpc) is 2.79. The second-order valence-electron chi connectivity index (χ2n) is 7.44. The summed E-state index contributed by atoms with van der Waals surface area (Å²) in [5.41, 5.74) is 2.24. The predicted octanol–water partition coefficient (Wildman–Crippen LogP) is 5.39. The molecule has 0 radical (unpaired) electrons. The molecule has 164 valence electrons. The lowest BCUT2D eigenvalue weighted by Gasteiger charge is -2.21. The van der Waals surface area contributed by atoms with Crippen LogP contribution in [0.3, 0.4) is 0 Å². The van der Waals surface area contributed by atoms with Gasteiger partial charge in [0.25, 0.3) is 0 Å². The molecule has 2 aromatic rings. The fraction of sp³-hybridized carbons (Fsp3) is 0.480. The van der Waals surface area contributed by atoms with Crippen LogP contribution in [0.15, 0.2) is 54.6 Å². The molecule has 0 aliphatic carbocycles. The number of ether oxygens (including phenoxy) is 2. The first-order chi connectivity index (χ1) is 14.7. The van der Waals surface area contributed by atoms with Gasteiger partial charge >= 0.3 is 6.09 Å². The summed E-state index contributed by atoms with van der Waals surface area (Å²) in [5.74, 6) is 0.964. The molecule has 0 spiro atoms. The molecule has 0 saturated heterocycles. The van der Waals surface area contributed by atoms with Crippen LogP contribution in [0.25, 0.3) is 0 Å². The van der Waals surface area contributed by atoms with Crippen molar-refractivity contribution in [1.29, 1.82) is 0 Å². The molecule has 0 aliphatic heterocycles. The van der Waals surface area contributed by atoms with E-state index in [1.54, 1.807) is 7.11 Å². The lowest BCUT2D eigenvalue weighted by molar-refractivity contribution is 0.139. The van der Waals surface area contributed by atoms with E-state index in [0.717, 1.165) is 43.8 Å². The van der Waals surface area contributed by atoms with E-state index in [1.807, 2.05) is 42.5 Å². The summed E-state index contributed by atoms with van der Waals surface area (Å²) in [6.07, 6.45) is 5.36. The van der Waals surface area contributed by atoms with Gasteiger partial charge in [0.1, 0.15) is 12.4 Å². The first-order valence-electron chi connectivity index (χ1n) is 11.0. The largest absolute Gasteiger partial charge is 0.496 e. The number of nitrogens with zero attached hydrogens (tertiary/aromatic N) is 1. The predicted molar refractivity (Wildman–Crippen MR) is 122 cm³/mol. The Morgan fingerprint density at radius 2 is 1.63 bits per heavy atom. The number of hydrogen-bond donors (Lipinski definition) is 1. The van der Waals surface area contributed by atoms with Crippen molar-refractivity contribution in [1.82, 2.24) is 10.2 Å². The zero-order valence-corrected chi connectivity index (χ0v) is 18.4. The van der Waals surface area contributed by atoms with Gasteiger partial charge in [0.2, 0.25) is 0 Å². The molecule has 0 atom stereocenters. The third-order valence-corrected chi connectivity index (χ3v) is 5.17. The number of benzene rings is 2. The molecule has 2 aromatic carbocycles. The summed E-state index contributed by atoms with van der Waals surface area (Å²) in [4.78, 5) is 14.2. The Morgan fingerprint density at radius 3 is 2.40 bits per heavy atom. The lowest BCUT2D eigenvalue weighted by atomic mass is 10.1. The van der Waals surface area contributed by atoms with E-state index < -0.39 is 0 Å². The first-order valence-corrected chi connectivity index (χ1v) is 11.0. The van der Waals surface area contributed by atoms with Crippen molar-refractivity contribution in [3.8, 4) is 5.75 Å². The molecule has 2 rings (SSSR count). The summed E-state index contributed by atoms with van der Waals surface area (Å²) < 4.78 is 10.7. The number of methoxy groups -OCH3 is 1. The minimum absolute atomic E-state index is 0.315. The van der Waals surface area contributed by atoms with Gasteiger partial charge in [-0.05, 0) is 37.6 Å². The van der Waals surface area contributed by atoms with Crippen LogP contribution in [-0.4, -0.2) is 37.7 Å². The summed E-state index contributed by atoms with van der Waals surface area (Å²) in [6, 6.07) is 18.0. The van der Waals surface area contributed by atoms with E-state index in [4.69, 9.17) is 9.47 Å². The zero-order chi connectivity index (χ0) is 21.4. The number of unbranched alkanes of at least 4 members (excludes halogenated alkanes) is 4. The first kappa shape index (κ1) is 23.7. The molecule has 5 nitrogen and oxygen atoms in total. The highest BCUT2D eigenvalue weighted by Crippen LogP contribution is 2.19. The minimum Gasteiger partial charge on any atom is -0.496 e. The van der Waals surface area contributed by atoms with E-state index in [2.05, 4.69) is 29.3 Å². The monoisotopic (exact) mass is 412 g/mol. The number of para-hydroxylation sites is 1. The zero-order valence-electron chi connectivity index (χ0n) is 18.4. The Balaban J connectivity index is 1.49. The molecule has 0 bridgehead atoms. The Hall–Kier alpha value is -2.53. The SMILES string of the molecule is CCN(CCCCCCCNC(=O)OCc1ccccc1)Cc1ccccc1OC. The maximum atomic E-state index is 11.7. The van der Waals surface area contributed by atoms with Gasteiger partial charge in [0, 0.05) is 18.7 Å². The van der Waals surface area contributed by atoms with Crippen LogP contribution in [0.2, 0.25) is 0 Å². The third kappa shape index (κ3) is 9.31. The normalized spacial score (nSPS) is 10.8. The Morgan fingerprint density at radius 1 is 0.933 bits per heavy atom. The van der Waals surface area contributed by atoms with E-state index in [1.165, 1.54) is 24.8 Å². The maximum absolute atomic E-state index is 11.7. The van der Waals surface area contributed by atoms with Crippen molar-refractivity contribution in [2.45, 2.75) is 52.2 Å². The van der Waals surface area contributed by atoms with Crippen LogP contribution in [0.4, 0.5) is 4.79 Å². The number of rotatable bonds is 14. The van der Waals surface area contributed by atoms with E-state index in [9.17, 15) is 4.79 Å². The number of carbonyl (C=O) groups excluding carboxylic acids is 1. The average molecular weight is 413 g/mol. The maximum Gasteiger partial charge on any atom is 0.407 e. The molecule has 5 heteroatoms. The van der Waals surface area contributed by atoms with Crippen LogP contribution in [-0.2, 0) is 17.9 Å². The van der Waals surface area contributed by atoms with Gasteiger partial charge in [-0.3, -0.25) is 4.90 Å². The van der Waals surface area contributed by atoms with Gasteiger partial charge in [-0.2, -0.15) is 0 Å². The van der Waals surface area contributed by atoms with Crippen molar-refractivity contribution < 1.29 is 14.3 Å². The smallest absolute Gasteiger partial charge is 0.407 e. The van der Waals surface area contributed by atoms with Crippen molar-refractivity contribution in [3.63, 3.8) is 0 Å². The van der Waals surface area contributed by atoms with Crippen molar-refractivity contribution in [2.24, 2.45) is 0 Å². The quantitative estimate of drug-likeness (QED) is 0.423. The highest BCUT2D eigenvalue weighted by molar-refractivity contribution is 5.67. The molecule has 1 N–H and O–H groups in total. The molecule has 0 aromatic heterocycles. The van der Waals surface area contributed by atoms with E-state index >= 15 is 0 Å². The van der Waals surface area contributed by atoms with Crippen LogP contribution in [0.5, 0.6) is 5.75 Å². The molecule has 0 unspecified atom stereocenters. The lowest BCUT2D eigenvalue weighted by Crippen LogP contribution is -2.25. The van der Waals surface area contributed by atoms with Gasteiger partial charge in [0.15, 0.2) is 0 Å². The Labute approximate surface area is 181 Å². The number of alkyl carbamates (subject to hydrolysis) is 1. The van der Waals surface area contributed by atoms with Gasteiger partial charge in [-0.15, -0.1) is 0 Å². The number of hydrogen-bond acceptors (Lipinski definition) is 4. The van der Waals surface area contributed by atoms with Gasteiger partial charge in [0.05, 0.1) is 7.11 Å². The van der Waals surface area contributed by atoms with Crippen LogP contribution in [0.1, 0.15) is 50.2 Å². The number of carbonyl (C=O) groups is 1. The summed E-state index contributed by atoms with van der Waals surface area (Å²) >= 11 is 0. The van der Waals surface area contributed by atoms with Gasteiger partial charge < -0.3 is 14.8 Å². The fourth-order valence-electron chi connectivity index (χ4n) is 3.38. The fourth-order valence-corrected chi connectivity index (χ4v) is 3.38. The van der Waals surface area contributed by atoms with Crippen LogP contribution < -0.4 is 10.1 Å². The topological polar surface area (TPSA) is 50.8 Å². The Bertz CT molecular complexity index is 721. The third-order valence-electron chi connectivity index (χ3n) is 5.17. The number of amides is 1. The highest BCUT2D eigenvalue weighted by atomic mass is 16.5. The molecular formula is C25H36N2O3. The van der Waals surface area contributed by atoms with Crippen LogP contribution in [0, 0.1) is 0 Å². The molecular weight excluding hydrogens is 376 g/mol. The molecule has 0 aliphatic rings. The summed E-state index contributed by atoms with van der Waals surface area (Å²) in [5, 5.41) is 2.83. The van der Waals surface area contributed by atoms with Gasteiger partial charge in [-0.25, -0.2) is 4.79 Å². The van der Waals surface area contributed by atoms with E-state index in [0.29, 0.717) is 13.2 Å². The molecule has 30 heavy (non-hydrogen) atoms. The standard InChI is InChI=1S/C25H36N2O3/c1-3-27(20-23-16-10-11-17-24(23)29-2)19-13-6-4-5-12-18-26-25(28)30-21-22-14-8-7-9-15-22/h7-11,14-17H,3-6,12-13,18-21H2,1-2H3,(H,26,28). The second-order valence-corrected chi connectivity index (χ2v) is 7.44. The molecule has 0 saturated carbocycles. The molecule has 0 heterocycles. The van der Waals surface area contributed by atoms with Crippen molar-refractivity contribution >= 4 is 6.09 Å². The minimum atomic E-state index is -0.339.